The Morgan fingerprint density at radius 2 is 1.87 bits per heavy atom. The molecule has 0 aliphatic heterocycles. The van der Waals surface area contributed by atoms with E-state index in [-0.39, 0.29) is 12.0 Å². The third kappa shape index (κ3) is 1.97. The molecule has 0 radical (unpaired) electrons. The van der Waals surface area contributed by atoms with Crippen molar-refractivity contribution in [2.45, 2.75) is 24.6 Å². The number of hydrogen-bond acceptors (Lipinski definition) is 1. The molecule has 0 aromatic heterocycles. The minimum absolute atomic E-state index is 0.0494. The van der Waals surface area contributed by atoms with Crippen molar-refractivity contribution < 1.29 is 17.6 Å². The lowest BCUT2D eigenvalue weighted by Gasteiger charge is -2.09. The van der Waals surface area contributed by atoms with E-state index in [2.05, 4.69) is 0 Å². The Labute approximate surface area is 83.9 Å². The summed E-state index contributed by atoms with van der Waals surface area (Å²) in [5.41, 5.74) is 4.78. The second kappa shape index (κ2) is 3.20. The highest BCUT2D eigenvalue weighted by Gasteiger charge is 2.39. The van der Waals surface area contributed by atoms with Crippen LogP contribution < -0.4 is 5.73 Å². The summed E-state index contributed by atoms with van der Waals surface area (Å²) in [5.74, 6) is -1.29. The van der Waals surface area contributed by atoms with Crippen LogP contribution in [0.5, 0.6) is 0 Å². The molecule has 1 aliphatic carbocycles. The summed E-state index contributed by atoms with van der Waals surface area (Å²) < 4.78 is 49.9. The van der Waals surface area contributed by atoms with Crippen LogP contribution >= 0.6 is 0 Å². The monoisotopic (exact) mass is 219 g/mol. The van der Waals surface area contributed by atoms with Gasteiger partial charge in [-0.05, 0) is 24.1 Å². The normalized spacial score (nSPS) is 25.4. The van der Waals surface area contributed by atoms with Gasteiger partial charge in [0, 0.05) is 12.0 Å². The maximum atomic E-state index is 12.9. The molecule has 2 N–H and O–H groups in total. The zero-order valence-corrected chi connectivity index (χ0v) is 7.68. The summed E-state index contributed by atoms with van der Waals surface area (Å²) in [4.78, 5) is 0. The average molecular weight is 219 g/mol. The number of rotatable bonds is 1. The minimum atomic E-state index is -4.64. The number of hydrogen-bond donors (Lipinski definition) is 1. The maximum absolute atomic E-state index is 12.9. The fraction of sp³-hybridized carbons (Fsp3) is 0.400. The van der Waals surface area contributed by atoms with Gasteiger partial charge in [-0.15, -0.1) is 0 Å². The molecule has 0 spiro atoms. The maximum Gasteiger partial charge on any atom is 0.419 e. The highest BCUT2D eigenvalue weighted by molar-refractivity contribution is 5.33. The molecule has 1 aromatic carbocycles. The van der Waals surface area contributed by atoms with Gasteiger partial charge in [0.25, 0.3) is 0 Å². The van der Waals surface area contributed by atoms with Crippen LogP contribution in [0.2, 0.25) is 0 Å². The molecule has 1 aromatic rings. The van der Waals surface area contributed by atoms with Crippen molar-refractivity contribution in [3.63, 3.8) is 0 Å². The van der Waals surface area contributed by atoms with Crippen LogP contribution in [0.3, 0.4) is 0 Å². The van der Waals surface area contributed by atoms with Gasteiger partial charge < -0.3 is 5.73 Å². The molecule has 0 saturated heterocycles. The van der Waals surface area contributed by atoms with E-state index < -0.39 is 17.6 Å². The molecule has 15 heavy (non-hydrogen) atoms. The standard InChI is InChI=1S/C10H9F4N/c11-8-2-1-5(6-4-9(6)15)3-7(8)10(12,13)14/h1-3,6,9H,4,15H2. The van der Waals surface area contributed by atoms with E-state index in [9.17, 15) is 17.6 Å². The Balaban J connectivity index is 2.37. The van der Waals surface area contributed by atoms with Crippen molar-refractivity contribution in [1.29, 1.82) is 0 Å². The van der Waals surface area contributed by atoms with E-state index in [0.717, 1.165) is 12.1 Å². The first-order chi connectivity index (χ1) is 6.89. The van der Waals surface area contributed by atoms with Gasteiger partial charge in [-0.25, -0.2) is 4.39 Å². The number of alkyl halides is 3. The van der Waals surface area contributed by atoms with Crippen molar-refractivity contribution in [3.8, 4) is 0 Å². The van der Waals surface area contributed by atoms with Crippen molar-refractivity contribution in [3.05, 3.63) is 35.1 Å². The molecule has 0 amide bonds. The average Bonchev–Trinajstić information content (AvgIpc) is 2.81. The Bertz CT molecular complexity index is 385. The minimum Gasteiger partial charge on any atom is -0.327 e. The number of nitrogens with two attached hydrogens (primary N) is 1. The third-order valence-corrected chi connectivity index (χ3v) is 2.56. The Morgan fingerprint density at radius 3 is 2.33 bits per heavy atom. The van der Waals surface area contributed by atoms with Crippen molar-refractivity contribution in [2.24, 2.45) is 5.73 Å². The lowest BCUT2D eigenvalue weighted by atomic mass is 10.1. The van der Waals surface area contributed by atoms with Crippen LogP contribution in [-0.2, 0) is 6.18 Å². The predicted octanol–water partition coefficient (Wildman–Crippen LogP) is 2.66. The second-order valence-electron chi connectivity index (χ2n) is 3.74. The van der Waals surface area contributed by atoms with Gasteiger partial charge in [0.2, 0.25) is 0 Å². The van der Waals surface area contributed by atoms with E-state index in [1.54, 1.807) is 0 Å². The predicted molar refractivity (Wildman–Crippen MR) is 46.7 cm³/mol. The molecule has 1 saturated carbocycles. The van der Waals surface area contributed by atoms with Gasteiger partial charge in [-0.1, -0.05) is 6.07 Å². The summed E-state index contributed by atoms with van der Waals surface area (Å²) in [6.07, 6.45) is -3.97. The smallest absolute Gasteiger partial charge is 0.327 e. The van der Waals surface area contributed by atoms with Gasteiger partial charge in [0.1, 0.15) is 5.82 Å². The van der Waals surface area contributed by atoms with Gasteiger partial charge >= 0.3 is 6.18 Å². The zero-order valence-electron chi connectivity index (χ0n) is 7.68. The lowest BCUT2D eigenvalue weighted by Crippen LogP contribution is -2.09. The topological polar surface area (TPSA) is 26.0 Å². The summed E-state index contributed by atoms with van der Waals surface area (Å²) in [6.45, 7) is 0. The highest BCUT2D eigenvalue weighted by atomic mass is 19.4. The molecule has 1 nitrogen and oxygen atoms in total. The van der Waals surface area contributed by atoms with Crippen LogP contribution in [0.4, 0.5) is 17.6 Å². The molecule has 2 unspecified atom stereocenters. The largest absolute Gasteiger partial charge is 0.419 e. The molecular weight excluding hydrogens is 210 g/mol. The molecule has 1 aliphatic rings. The lowest BCUT2D eigenvalue weighted by molar-refractivity contribution is -0.140. The molecule has 0 heterocycles. The Morgan fingerprint density at radius 1 is 1.27 bits per heavy atom. The summed E-state index contributed by atoms with van der Waals surface area (Å²) >= 11 is 0. The SMILES string of the molecule is NC1CC1c1ccc(F)c(C(F)(F)F)c1. The van der Waals surface area contributed by atoms with Crippen molar-refractivity contribution >= 4 is 0 Å². The highest BCUT2D eigenvalue weighted by Crippen LogP contribution is 2.41. The van der Waals surface area contributed by atoms with Crippen LogP contribution in [0.25, 0.3) is 0 Å². The quantitative estimate of drug-likeness (QED) is 0.722. The fourth-order valence-corrected chi connectivity index (χ4v) is 1.59. The van der Waals surface area contributed by atoms with Gasteiger partial charge in [0.05, 0.1) is 5.56 Å². The first kappa shape index (κ1) is 10.4. The van der Waals surface area contributed by atoms with E-state index >= 15 is 0 Å². The van der Waals surface area contributed by atoms with E-state index in [4.69, 9.17) is 5.73 Å². The summed E-state index contributed by atoms with van der Waals surface area (Å²) in [6, 6.07) is 2.98. The van der Waals surface area contributed by atoms with Crippen LogP contribution in [0.15, 0.2) is 18.2 Å². The molecule has 82 valence electrons. The van der Waals surface area contributed by atoms with E-state index in [0.29, 0.717) is 12.0 Å². The van der Waals surface area contributed by atoms with E-state index in [1.807, 2.05) is 0 Å². The van der Waals surface area contributed by atoms with Crippen molar-refractivity contribution in [2.75, 3.05) is 0 Å². The van der Waals surface area contributed by atoms with Crippen LogP contribution in [0.1, 0.15) is 23.5 Å². The first-order valence-electron chi connectivity index (χ1n) is 4.52. The number of halogens is 4. The zero-order chi connectivity index (χ0) is 11.2. The molecule has 2 rings (SSSR count). The Hall–Kier alpha value is -1.10. The molecule has 0 bridgehead atoms. The third-order valence-electron chi connectivity index (χ3n) is 2.56. The van der Waals surface area contributed by atoms with E-state index in [1.165, 1.54) is 6.07 Å². The van der Waals surface area contributed by atoms with Crippen molar-refractivity contribution in [1.82, 2.24) is 0 Å². The molecule has 5 heteroatoms. The number of benzene rings is 1. The van der Waals surface area contributed by atoms with Crippen LogP contribution in [0, 0.1) is 5.82 Å². The second-order valence-corrected chi connectivity index (χ2v) is 3.74. The van der Waals surface area contributed by atoms with Gasteiger partial charge in [-0.2, -0.15) is 13.2 Å². The Kier molecular flexibility index (Phi) is 2.22. The molecule has 2 atom stereocenters. The summed E-state index contributed by atoms with van der Waals surface area (Å²) in [5, 5.41) is 0. The fourth-order valence-electron chi connectivity index (χ4n) is 1.59. The van der Waals surface area contributed by atoms with Gasteiger partial charge in [-0.3, -0.25) is 0 Å². The van der Waals surface area contributed by atoms with Crippen LogP contribution in [-0.4, -0.2) is 6.04 Å². The first-order valence-corrected chi connectivity index (χ1v) is 4.52. The molecular formula is C10H9F4N. The van der Waals surface area contributed by atoms with Gasteiger partial charge in [0.15, 0.2) is 0 Å². The molecule has 1 fully saturated rings. The summed E-state index contributed by atoms with van der Waals surface area (Å²) in [7, 11) is 0.